The first-order valence-electron chi connectivity index (χ1n) is 11.9. The Morgan fingerprint density at radius 2 is 1.92 bits per heavy atom. The van der Waals surface area contributed by atoms with Gasteiger partial charge in [-0.25, -0.2) is 9.97 Å². The Hall–Kier alpha value is -3.61. The molecule has 0 radical (unpaired) electrons. The van der Waals surface area contributed by atoms with E-state index in [0.29, 0.717) is 37.2 Å². The van der Waals surface area contributed by atoms with Gasteiger partial charge in [-0.15, -0.1) is 0 Å². The average Bonchev–Trinajstić information content (AvgIpc) is 3.58. The highest BCUT2D eigenvalue weighted by atomic mass is 19.3. The number of rotatable bonds is 7. The molecule has 1 aliphatic carbocycles. The summed E-state index contributed by atoms with van der Waals surface area (Å²) in [5, 5.41) is 7.67. The van der Waals surface area contributed by atoms with Crippen molar-refractivity contribution < 1.29 is 18.3 Å². The zero-order valence-corrected chi connectivity index (χ0v) is 20.1. The summed E-state index contributed by atoms with van der Waals surface area (Å²) in [5.74, 6) is 8.06. The lowest BCUT2D eigenvalue weighted by atomic mass is 10.1. The van der Waals surface area contributed by atoms with Gasteiger partial charge in [0.2, 0.25) is 5.91 Å². The van der Waals surface area contributed by atoms with Crippen LogP contribution in [-0.4, -0.2) is 53.6 Å². The molecule has 1 saturated carbocycles. The number of anilines is 2. The molecule has 2 fully saturated rings. The van der Waals surface area contributed by atoms with Crippen LogP contribution in [0.2, 0.25) is 0 Å². The minimum atomic E-state index is -2.72. The molecule has 1 aromatic carbocycles. The third kappa shape index (κ3) is 5.45. The third-order valence-corrected chi connectivity index (χ3v) is 6.63. The molecule has 3 heterocycles. The van der Waals surface area contributed by atoms with Crippen LogP contribution in [0.15, 0.2) is 42.7 Å². The van der Waals surface area contributed by atoms with E-state index in [9.17, 15) is 13.6 Å². The molecule has 1 saturated heterocycles. The van der Waals surface area contributed by atoms with Crippen molar-refractivity contribution in [3.05, 3.63) is 59.4 Å². The zero-order chi connectivity index (χ0) is 25.2. The number of amides is 1. The van der Waals surface area contributed by atoms with Crippen LogP contribution in [0, 0.1) is 23.7 Å². The predicted octanol–water partition coefficient (Wildman–Crippen LogP) is 4.09. The number of likely N-dealkylation sites (tertiary alicyclic amines) is 1. The number of hydrogen-bond acceptors (Lipinski definition) is 6. The van der Waals surface area contributed by atoms with Crippen molar-refractivity contribution >= 4 is 28.3 Å². The van der Waals surface area contributed by atoms with E-state index in [4.69, 9.17) is 0 Å². The van der Waals surface area contributed by atoms with Gasteiger partial charge in [0.25, 0.3) is 0 Å². The molecule has 0 unspecified atom stereocenters. The molecule has 2 aromatic heterocycles. The van der Waals surface area contributed by atoms with Gasteiger partial charge in [0.1, 0.15) is 11.6 Å². The Balaban J connectivity index is 1.30. The fraction of sp³-hybridized carbons (Fsp3) is 0.370. The highest BCUT2D eigenvalue weighted by Gasteiger charge is 2.39. The van der Waals surface area contributed by atoms with Crippen molar-refractivity contribution in [3.63, 3.8) is 0 Å². The normalized spacial score (nSPS) is 19.5. The van der Waals surface area contributed by atoms with Gasteiger partial charge in [-0.3, -0.25) is 9.69 Å². The topological polar surface area (TPSA) is 79.4 Å². The van der Waals surface area contributed by atoms with Crippen LogP contribution in [0.1, 0.15) is 30.0 Å². The number of hydrogen-bond donors (Lipinski definition) is 2. The van der Waals surface area contributed by atoms with Crippen LogP contribution in [0.25, 0.3) is 10.8 Å². The molecule has 2 aliphatic rings. The lowest BCUT2D eigenvalue weighted by molar-refractivity contribution is -0.197. The molecule has 0 spiro atoms. The first-order valence-corrected chi connectivity index (χ1v) is 11.9. The van der Waals surface area contributed by atoms with Gasteiger partial charge < -0.3 is 15.4 Å². The molecule has 9 heteroatoms. The predicted molar refractivity (Wildman–Crippen MR) is 134 cm³/mol. The van der Waals surface area contributed by atoms with Crippen molar-refractivity contribution in [2.75, 3.05) is 30.8 Å². The molecule has 5 rings (SSSR count). The van der Waals surface area contributed by atoms with Gasteiger partial charge in [-0.2, -0.15) is 8.78 Å². The van der Waals surface area contributed by atoms with Crippen molar-refractivity contribution in [2.45, 2.75) is 32.6 Å². The number of nitrogens with zero attached hydrogens (tertiary/aromatic N) is 3. The Morgan fingerprint density at radius 1 is 1.17 bits per heavy atom. The lowest BCUT2D eigenvalue weighted by Gasteiger charge is -2.38. The number of aromatic nitrogens is 2. The van der Waals surface area contributed by atoms with E-state index in [1.807, 2.05) is 30.3 Å². The minimum Gasteiger partial charge on any atom is -0.373 e. The van der Waals surface area contributed by atoms with Crippen molar-refractivity contribution in [1.82, 2.24) is 14.9 Å². The maximum atomic E-state index is 12.4. The number of carbonyl (C=O) groups is 1. The van der Waals surface area contributed by atoms with E-state index in [0.717, 1.165) is 33.9 Å². The van der Waals surface area contributed by atoms with E-state index in [1.54, 1.807) is 19.4 Å². The first-order chi connectivity index (χ1) is 17.4. The van der Waals surface area contributed by atoms with Crippen molar-refractivity contribution in [3.8, 4) is 11.8 Å². The van der Waals surface area contributed by atoms with E-state index >= 15 is 0 Å². The Labute approximate surface area is 208 Å². The molecule has 2 N–H and O–H groups in total. The van der Waals surface area contributed by atoms with Gasteiger partial charge in [-0.1, -0.05) is 30.9 Å². The average molecular weight is 492 g/mol. The van der Waals surface area contributed by atoms with Crippen LogP contribution in [-0.2, 0) is 16.1 Å². The highest BCUT2D eigenvalue weighted by molar-refractivity contribution is 5.99. The Kier molecular flexibility index (Phi) is 6.81. The van der Waals surface area contributed by atoms with Crippen LogP contribution >= 0.6 is 0 Å². The number of carbonyl (C=O) groups excluding carboxylic acids is 1. The Bertz CT molecular complexity index is 1330. The number of ether oxygens (including phenoxy) is 1. The summed E-state index contributed by atoms with van der Waals surface area (Å²) in [7, 11) is 1.80. The summed E-state index contributed by atoms with van der Waals surface area (Å²) in [6.45, 7) is 1.04. The minimum absolute atomic E-state index is 0.000246. The van der Waals surface area contributed by atoms with Crippen molar-refractivity contribution in [1.29, 1.82) is 0 Å². The molecule has 0 bridgehead atoms. The standard InChI is InChI=1S/C27H27F2N5O2/c1-16-9-21(16)26(35)33-24-10-22-19(11-32-25(30-2)23(22)12-31-24)8-7-17-3-5-18(6-4-17)13-34-14-20(15-34)36-27(28)29/h3-6,10-12,16,20-21,27H,9,13-15H2,1-2H3,(H,30,32)(H,31,33,35)/t16-,21+/m1/s1. The van der Waals surface area contributed by atoms with Gasteiger partial charge in [0.05, 0.1) is 11.7 Å². The Morgan fingerprint density at radius 3 is 2.58 bits per heavy atom. The maximum Gasteiger partial charge on any atom is 0.345 e. The van der Waals surface area contributed by atoms with E-state index in [-0.39, 0.29) is 11.8 Å². The summed E-state index contributed by atoms with van der Waals surface area (Å²) >= 11 is 0. The second-order valence-electron chi connectivity index (χ2n) is 9.35. The SMILES string of the molecule is CNc1ncc(C#Cc2ccc(CN3CC(OC(F)F)C3)cc2)c2cc(NC(=O)[C@H]3C[C@H]3C)ncc12. The molecule has 186 valence electrons. The zero-order valence-electron chi connectivity index (χ0n) is 20.1. The van der Waals surface area contributed by atoms with Gasteiger partial charge in [0.15, 0.2) is 0 Å². The highest BCUT2D eigenvalue weighted by Crippen LogP contribution is 2.38. The van der Waals surface area contributed by atoms with Crippen LogP contribution < -0.4 is 10.6 Å². The summed E-state index contributed by atoms with van der Waals surface area (Å²) in [5.41, 5.74) is 2.66. The third-order valence-electron chi connectivity index (χ3n) is 6.63. The largest absolute Gasteiger partial charge is 0.373 e. The molecule has 2 atom stereocenters. The smallest absolute Gasteiger partial charge is 0.345 e. The quantitative estimate of drug-likeness (QED) is 0.485. The number of halogens is 2. The summed E-state index contributed by atoms with van der Waals surface area (Å²) in [4.78, 5) is 23.3. The maximum absolute atomic E-state index is 12.4. The number of benzene rings is 1. The van der Waals surface area contributed by atoms with Gasteiger partial charge in [0, 0.05) is 61.3 Å². The molecular formula is C27H27F2N5O2. The first kappa shape index (κ1) is 24.1. The second kappa shape index (κ2) is 10.2. The molecule has 36 heavy (non-hydrogen) atoms. The molecular weight excluding hydrogens is 464 g/mol. The van der Waals surface area contributed by atoms with E-state index < -0.39 is 12.7 Å². The van der Waals surface area contributed by atoms with Gasteiger partial charge in [-0.05, 0) is 36.1 Å². The van der Waals surface area contributed by atoms with Crippen molar-refractivity contribution in [2.24, 2.45) is 11.8 Å². The van der Waals surface area contributed by atoms with Crippen LogP contribution in [0.3, 0.4) is 0 Å². The van der Waals surface area contributed by atoms with E-state index in [1.165, 1.54) is 0 Å². The van der Waals surface area contributed by atoms with Crippen LogP contribution in [0.4, 0.5) is 20.4 Å². The second-order valence-corrected chi connectivity index (χ2v) is 9.35. The molecule has 1 amide bonds. The monoisotopic (exact) mass is 491 g/mol. The summed E-state index contributed by atoms with van der Waals surface area (Å²) in [6, 6.07) is 9.70. The van der Waals surface area contributed by atoms with Gasteiger partial charge >= 0.3 is 6.61 Å². The fourth-order valence-corrected chi connectivity index (χ4v) is 4.38. The van der Waals surface area contributed by atoms with E-state index in [2.05, 4.69) is 49.0 Å². The molecule has 1 aliphatic heterocycles. The molecule has 3 aromatic rings. The summed E-state index contributed by atoms with van der Waals surface area (Å²) in [6.07, 6.45) is 3.93. The number of nitrogens with one attached hydrogen (secondary N) is 2. The number of pyridine rings is 2. The fourth-order valence-electron chi connectivity index (χ4n) is 4.38. The van der Waals surface area contributed by atoms with Crippen LogP contribution in [0.5, 0.6) is 0 Å². The number of fused-ring (bicyclic) bond motifs is 1. The summed E-state index contributed by atoms with van der Waals surface area (Å²) < 4.78 is 29.0. The molecule has 7 nitrogen and oxygen atoms in total. The number of alkyl halides is 2. The lowest BCUT2D eigenvalue weighted by Crippen LogP contribution is -2.52.